The van der Waals surface area contributed by atoms with Crippen LogP contribution in [-0.4, -0.2) is 29.1 Å². The number of nitrogens with zero attached hydrogens (tertiary/aromatic N) is 1. The zero-order chi connectivity index (χ0) is 18.9. The van der Waals surface area contributed by atoms with Crippen molar-refractivity contribution < 1.29 is 13.9 Å². The third kappa shape index (κ3) is 4.01. The van der Waals surface area contributed by atoms with Crippen LogP contribution in [0.15, 0.2) is 30.5 Å². The molecule has 3 N–H and O–H groups in total. The monoisotopic (exact) mass is 413 g/mol. The molecule has 0 bridgehead atoms. The van der Waals surface area contributed by atoms with Gasteiger partial charge in [0.2, 0.25) is 5.91 Å². The molecule has 5 nitrogen and oxygen atoms in total. The highest BCUT2D eigenvalue weighted by Gasteiger charge is 2.63. The Morgan fingerprint density at radius 2 is 2.15 bits per heavy atom. The van der Waals surface area contributed by atoms with Gasteiger partial charge in [-0.05, 0) is 18.6 Å². The molecule has 0 saturated heterocycles. The molecule has 1 aromatic carbocycles. The molecule has 1 aliphatic carbocycles. The Kier molecular flexibility index (Phi) is 6.63. The summed E-state index contributed by atoms with van der Waals surface area (Å²) >= 11 is 1.33. The Labute approximate surface area is 168 Å². The minimum Gasteiger partial charge on any atom is -0.378 e. The molecule has 0 spiro atoms. The largest absolute Gasteiger partial charge is 0.378 e. The van der Waals surface area contributed by atoms with Gasteiger partial charge in [-0.1, -0.05) is 32.0 Å². The molecule has 1 aromatic heterocycles. The van der Waals surface area contributed by atoms with Gasteiger partial charge >= 0.3 is 0 Å². The first kappa shape index (κ1) is 21.8. The summed E-state index contributed by atoms with van der Waals surface area (Å²) in [5.74, 6) is -0.504. The van der Waals surface area contributed by atoms with E-state index >= 15 is 0 Å². The van der Waals surface area contributed by atoms with Gasteiger partial charge in [-0.25, -0.2) is 9.37 Å². The molecule has 3 rings (SSSR count). The maximum atomic E-state index is 13.8. The van der Waals surface area contributed by atoms with Crippen LogP contribution >= 0.6 is 23.7 Å². The summed E-state index contributed by atoms with van der Waals surface area (Å²) in [5, 5.41) is 3.29. The van der Waals surface area contributed by atoms with E-state index in [1.165, 1.54) is 17.4 Å². The highest BCUT2D eigenvalue weighted by Crippen LogP contribution is 2.50. The quantitative estimate of drug-likeness (QED) is 0.755. The highest BCUT2D eigenvalue weighted by molar-refractivity contribution is 7.15. The summed E-state index contributed by atoms with van der Waals surface area (Å²) in [6.07, 6.45) is 2.54. The second-order valence-electron chi connectivity index (χ2n) is 7.20. The first-order valence-corrected chi connectivity index (χ1v) is 9.49. The zero-order valence-electron chi connectivity index (χ0n) is 15.6. The van der Waals surface area contributed by atoms with E-state index in [2.05, 4.69) is 10.3 Å². The SMILES string of the molecule is CCOC1CC(N)(C(=O)Nc2ncc(Cc3ccccc3F)s2)C1(C)C.Cl. The molecule has 27 heavy (non-hydrogen) atoms. The molecule has 1 fully saturated rings. The molecule has 1 saturated carbocycles. The molecule has 2 atom stereocenters. The van der Waals surface area contributed by atoms with Crippen molar-refractivity contribution in [1.29, 1.82) is 0 Å². The first-order chi connectivity index (χ1) is 12.3. The number of nitrogens with two attached hydrogens (primary N) is 1. The lowest BCUT2D eigenvalue weighted by molar-refractivity contribution is -0.166. The lowest BCUT2D eigenvalue weighted by Gasteiger charge is -2.57. The minimum atomic E-state index is -0.996. The van der Waals surface area contributed by atoms with E-state index in [1.807, 2.05) is 20.8 Å². The molecule has 1 amide bonds. The summed E-state index contributed by atoms with van der Waals surface area (Å²) in [5.41, 5.74) is 5.53. The van der Waals surface area contributed by atoms with Gasteiger partial charge in [0, 0.05) is 35.9 Å². The standard InChI is InChI=1S/C19H24FN3O2S.ClH/c1-4-25-15-10-19(21,18(15,2)3)16(24)23-17-22-11-13(26-17)9-12-7-5-6-8-14(12)20;/h5-8,11,15H,4,9-10,21H2,1-3H3,(H,22,23,24);1H. The Morgan fingerprint density at radius 3 is 2.78 bits per heavy atom. The van der Waals surface area contributed by atoms with Crippen LogP contribution in [0, 0.1) is 11.2 Å². The Balaban J connectivity index is 0.00000261. The Morgan fingerprint density at radius 1 is 1.44 bits per heavy atom. The smallest absolute Gasteiger partial charge is 0.246 e. The summed E-state index contributed by atoms with van der Waals surface area (Å²) < 4.78 is 19.4. The molecule has 0 radical (unpaired) electrons. The number of amides is 1. The Bertz CT molecular complexity index is 814. The molecular weight excluding hydrogens is 389 g/mol. The van der Waals surface area contributed by atoms with Crippen molar-refractivity contribution >= 4 is 34.8 Å². The van der Waals surface area contributed by atoms with Crippen LogP contribution < -0.4 is 11.1 Å². The van der Waals surface area contributed by atoms with Gasteiger partial charge in [-0.3, -0.25) is 4.79 Å². The van der Waals surface area contributed by atoms with Crippen LogP contribution in [0.2, 0.25) is 0 Å². The number of anilines is 1. The van der Waals surface area contributed by atoms with E-state index < -0.39 is 11.0 Å². The number of nitrogens with one attached hydrogen (secondary N) is 1. The van der Waals surface area contributed by atoms with Crippen LogP contribution in [0.3, 0.4) is 0 Å². The number of rotatable bonds is 6. The average molecular weight is 414 g/mol. The molecule has 1 aliphatic rings. The third-order valence-electron chi connectivity index (χ3n) is 5.33. The summed E-state index contributed by atoms with van der Waals surface area (Å²) in [6, 6.07) is 6.64. The molecule has 8 heteroatoms. The lowest BCUT2D eigenvalue weighted by atomic mass is 9.54. The number of thiazole rings is 1. The second kappa shape index (κ2) is 8.22. The zero-order valence-corrected chi connectivity index (χ0v) is 17.3. The number of benzene rings is 1. The van der Waals surface area contributed by atoms with Crippen LogP contribution in [0.4, 0.5) is 9.52 Å². The van der Waals surface area contributed by atoms with Gasteiger partial charge in [0.05, 0.1) is 6.10 Å². The molecule has 2 aromatic rings. The predicted molar refractivity (Wildman–Crippen MR) is 108 cm³/mol. The van der Waals surface area contributed by atoms with Gasteiger partial charge < -0.3 is 15.8 Å². The molecule has 148 valence electrons. The van der Waals surface area contributed by atoms with E-state index in [1.54, 1.807) is 24.4 Å². The molecular formula is C19H25ClFN3O2S. The van der Waals surface area contributed by atoms with Crippen molar-refractivity contribution in [1.82, 2.24) is 4.98 Å². The van der Waals surface area contributed by atoms with Crippen molar-refractivity contribution in [2.75, 3.05) is 11.9 Å². The number of ether oxygens (including phenoxy) is 1. The van der Waals surface area contributed by atoms with Crippen LogP contribution in [0.1, 0.15) is 37.6 Å². The van der Waals surface area contributed by atoms with Crippen molar-refractivity contribution in [2.45, 2.75) is 45.3 Å². The summed E-state index contributed by atoms with van der Waals surface area (Å²) in [7, 11) is 0. The van der Waals surface area contributed by atoms with Crippen LogP contribution in [0.5, 0.6) is 0 Å². The molecule has 1 heterocycles. The van der Waals surface area contributed by atoms with Crippen molar-refractivity contribution in [2.24, 2.45) is 11.1 Å². The van der Waals surface area contributed by atoms with Gasteiger partial charge in [-0.15, -0.1) is 23.7 Å². The number of halogens is 2. The minimum absolute atomic E-state index is 0. The summed E-state index contributed by atoms with van der Waals surface area (Å²) in [4.78, 5) is 17.8. The normalized spacial score (nSPS) is 23.2. The van der Waals surface area contributed by atoms with Gasteiger partial charge in [0.25, 0.3) is 0 Å². The van der Waals surface area contributed by atoms with E-state index in [4.69, 9.17) is 10.5 Å². The maximum absolute atomic E-state index is 13.8. The average Bonchev–Trinajstić information content (AvgIpc) is 3.03. The molecule has 2 unspecified atom stereocenters. The fourth-order valence-corrected chi connectivity index (χ4v) is 4.14. The van der Waals surface area contributed by atoms with Crippen LogP contribution in [0.25, 0.3) is 0 Å². The number of carbonyl (C=O) groups excluding carboxylic acids is 1. The predicted octanol–water partition coefficient (Wildman–Crippen LogP) is 3.77. The van der Waals surface area contributed by atoms with E-state index in [0.29, 0.717) is 30.1 Å². The third-order valence-corrected chi connectivity index (χ3v) is 6.24. The highest BCUT2D eigenvalue weighted by atomic mass is 35.5. The number of hydrogen-bond donors (Lipinski definition) is 2. The van der Waals surface area contributed by atoms with Crippen LogP contribution in [-0.2, 0) is 16.0 Å². The van der Waals surface area contributed by atoms with Crippen molar-refractivity contribution in [3.8, 4) is 0 Å². The second-order valence-corrected chi connectivity index (χ2v) is 8.31. The number of carbonyl (C=O) groups is 1. The number of aromatic nitrogens is 1. The van der Waals surface area contributed by atoms with Gasteiger partial charge in [-0.2, -0.15) is 0 Å². The summed E-state index contributed by atoms with van der Waals surface area (Å²) in [6.45, 7) is 6.42. The maximum Gasteiger partial charge on any atom is 0.246 e. The van der Waals surface area contributed by atoms with E-state index in [0.717, 1.165) is 4.88 Å². The van der Waals surface area contributed by atoms with Gasteiger partial charge in [0.15, 0.2) is 5.13 Å². The van der Waals surface area contributed by atoms with Gasteiger partial charge in [0.1, 0.15) is 11.4 Å². The number of hydrogen-bond acceptors (Lipinski definition) is 5. The first-order valence-electron chi connectivity index (χ1n) is 8.68. The molecule has 0 aliphatic heterocycles. The van der Waals surface area contributed by atoms with Crippen molar-refractivity contribution in [3.63, 3.8) is 0 Å². The van der Waals surface area contributed by atoms with E-state index in [9.17, 15) is 9.18 Å². The fourth-order valence-electron chi connectivity index (χ4n) is 3.31. The fraction of sp³-hybridized carbons (Fsp3) is 0.474. The Hall–Kier alpha value is -1.54. The van der Waals surface area contributed by atoms with E-state index in [-0.39, 0.29) is 30.2 Å². The van der Waals surface area contributed by atoms with Crippen molar-refractivity contribution in [3.05, 3.63) is 46.7 Å². The lowest BCUT2D eigenvalue weighted by Crippen LogP contribution is -2.74. The topological polar surface area (TPSA) is 77.2 Å².